The van der Waals surface area contributed by atoms with E-state index in [1.54, 1.807) is 24.3 Å². The van der Waals surface area contributed by atoms with Crippen LogP contribution in [0.1, 0.15) is 61.4 Å². The number of nitrogens with zero attached hydrogens (tertiary/aromatic N) is 3. The number of ketones is 2. The van der Waals surface area contributed by atoms with Crippen molar-refractivity contribution in [1.29, 1.82) is 5.41 Å². The molecule has 9 N–H and O–H groups in total. The molecule has 7 atom stereocenters. The number of rotatable bonds is 14. The Kier molecular flexibility index (Phi) is 11.4. The quantitative estimate of drug-likeness (QED) is 0.0569. The van der Waals surface area contributed by atoms with Crippen molar-refractivity contribution < 1.29 is 74.3 Å². The highest BCUT2D eigenvalue weighted by Crippen LogP contribution is 2.46. The van der Waals surface area contributed by atoms with E-state index in [9.17, 15) is 55.2 Å². The number of guanidine groups is 1. The van der Waals surface area contributed by atoms with Gasteiger partial charge < -0.3 is 59.9 Å². The van der Waals surface area contributed by atoms with E-state index in [1.165, 1.54) is 24.3 Å². The second kappa shape index (κ2) is 16.3. The zero-order chi connectivity index (χ0) is 41.5. The van der Waals surface area contributed by atoms with Crippen molar-refractivity contribution in [3.05, 3.63) is 87.5 Å². The molecule has 0 radical (unpaired) electrons. The number of hydrogen-bond donors (Lipinski definition) is 9. The zero-order valence-corrected chi connectivity index (χ0v) is 30.6. The Balaban J connectivity index is 1.44. The van der Waals surface area contributed by atoms with Crippen LogP contribution in [0.5, 0.6) is 11.5 Å². The van der Waals surface area contributed by atoms with Crippen molar-refractivity contribution >= 4 is 46.9 Å². The van der Waals surface area contributed by atoms with Gasteiger partial charge in [0.2, 0.25) is 12.2 Å². The van der Waals surface area contributed by atoms with Crippen LogP contribution in [0.2, 0.25) is 0 Å². The summed E-state index contributed by atoms with van der Waals surface area (Å²) in [5.74, 6) is -3.27. The molecule has 3 aliphatic heterocycles. The number of aliphatic hydroxyl groups excluding tert-OH is 6. The molecule has 7 rings (SSSR count). The van der Waals surface area contributed by atoms with E-state index >= 15 is 0 Å². The largest absolute Gasteiger partial charge is 0.857 e. The van der Waals surface area contributed by atoms with Gasteiger partial charge in [0.05, 0.1) is 24.9 Å². The molecular weight excluding hydrogens is 762 g/mol. The van der Waals surface area contributed by atoms with Gasteiger partial charge in [-0.1, -0.05) is 24.3 Å². The number of nitrogens with one attached hydrogen (secondary N) is 2. The molecule has 19 nitrogen and oxygen atoms in total. The lowest BCUT2D eigenvalue weighted by atomic mass is 9.81. The molecular formula is C39H39N5O14. The minimum absolute atomic E-state index is 0.00269. The Morgan fingerprint density at radius 1 is 1.02 bits per heavy atom. The van der Waals surface area contributed by atoms with Crippen LogP contribution < -0.4 is 19.5 Å². The fraction of sp³-hybridized carbons (Fsp3) is 0.359. The summed E-state index contributed by atoms with van der Waals surface area (Å²) >= 11 is 0. The number of carbonyl (C=O) groups excluding carboxylic acids is 3. The number of benzene rings is 3. The summed E-state index contributed by atoms with van der Waals surface area (Å²) < 4.78 is 18.3. The average Bonchev–Trinajstić information content (AvgIpc) is 3.64. The van der Waals surface area contributed by atoms with E-state index in [2.05, 4.69) is 15.0 Å². The van der Waals surface area contributed by atoms with Crippen molar-refractivity contribution in [3.8, 4) is 11.5 Å². The minimum Gasteiger partial charge on any atom is -0.857 e. The van der Waals surface area contributed by atoms with Gasteiger partial charge in [0.25, 0.3) is 5.84 Å². The fourth-order valence-corrected chi connectivity index (χ4v) is 7.45. The van der Waals surface area contributed by atoms with Gasteiger partial charge in [-0.15, -0.1) is 0 Å². The maximum absolute atomic E-state index is 14.5. The number of quaternary nitrogens is 1. The van der Waals surface area contributed by atoms with E-state index in [0.29, 0.717) is 28.0 Å². The van der Waals surface area contributed by atoms with E-state index in [4.69, 9.17) is 19.6 Å². The fourth-order valence-electron chi connectivity index (χ4n) is 7.45. The SMILES string of the molecule is N=C1N=C([O-])C2=NC[NH+](c3ccccc3Cc3cc4c(c(OCC(O)CC=O)c3OC3OC(CO)C(O)C(O)C3(O)CCO)C(=O)c3cc(CO)ccc3C4=O)C2=N1. The van der Waals surface area contributed by atoms with Gasteiger partial charge in [-0.3, -0.25) is 15.0 Å². The lowest BCUT2D eigenvalue weighted by Crippen LogP contribution is -3.09. The van der Waals surface area contributed by atoms with Gasteiger partial charge in [-0.25, -0.2) is 14.9 Å². The number of aliphatic hydroxyl groups is 7. The Morgan fingerprint density at radius 2 is 1.79 bits per heavy atom. The van der Waals surface area contributed by atoms with Gasteiger partial charge in [-0.05, 0) is 29.8 Å². The summed E-state index contributed by atoms with van der Waals surface area (Å²) in [5.41, 5.74) is -1.73. The molecule has 19 heteroatoms. The Morgan fingerprint density at radius 3 is 2.52 bits per heavy atom. The maximum Gasteiger partial charge on any atom is 0.262 e. The van der Waals surface area contributed by atoms with Crippen LogP contribution in [-0.2, 0) is 22.6 Å². The molecule has 58 heavy (non-hydrogen) atoms. The second-order valence-corrected chi connectivity index (χ2v) is 14.1. The highest BCUT2D eigenvalue weighted by atomic mass is 16.7. The van der Waals surface area contributed by atoms with E-state index < -0.39 is 98.3 Å². The molecule has 1 aliphatic carbocycles. The lowest BCUT2D eigenvalue weighted by Gasteiger charge is -2.47. The molecule has 3 aromatic carbocycles. The first-order valence-corrected chi connectivity index (χ1v) is 18.2. The van der Waals surface area contributed by atoms with Crippen LogP contribution in [0.25, 0.3) is 0 Å². The Bertz CT molecular complexity index is 2280. The highest BCUT2D eigenvalue weighted by molar-refractivity contribution is 6.66. The lowest BCUT2D eigenvalue weighted by molar-refractivity contribution is -0.723. The predicted octanol–water partition coefficient (Wildman–Crippen LogP) is -3.16. The van der Waals surface area contributed by atoms with Crippen molar-refractivity contribution in [3.63, 3.8) is 0 Å². The van der Waals surface area contributed by atoms with Crippen molar-refractivity contribution in [2.24, 2.45) is 15.0 Å². The molecule has 0 spiro atoms. The van der Waals surface area contributed by atoms with Crippen LogP contribution in [0.15, 0.2) is 63.5 Å². The topological polar surface area (TPSA) is 309 Å². The summed E-state index contributed by atoms with van der Waals surface area (Å²) in [6.45, 7) is -2.67. The minimum atomic E-state index is -2.56. The number of carbonyl (C=O) groups is 3. The van der Waals surface area contributed by atoms with Gasteiger partial charge in [-0.2, -0.15) is 4.99 Å². The summed E-state index contributed by atoms with van der Waals surface area (Å²) in [6, 6.07) is 12.4. The van der Waals surface area contributed by atoms with Crippen LogP contribution >= 0.6 is 0 Å². The normalized spacial score (nSPS) is 25.5. The van der Waals surface area contributed by atoms with Crippen molar-refractivity contribution in [2.45, 2.75) is 62.2 Å². The number of aliphatic imine (C=N–C) groups is 3. The molecule has 1 saturated heterocycles. The van der Waals surface area contributed by atoms with Crippen molar-refractivity contribution in [1.82, 2.24) is 0 Å². The Labute approximate surface area is 328 Å². The predicted molar refractivity (Wildman–Crippen MR) is 198 cm³/mol. The van der Waals surface area contributed by atoms with E-state index in [1.807, 2.05) is 0 Å². The number of fused-ring (bicyclic) bond motifs is 3. The number of para-hydroxylation sites is 1. The van der Waals surface area contributed by atoms with E-state index in [-0.39, 0.29) is 64.6 Å². The first-order chi connectivity index (χ1) is 27.8. The first-order valence-electron chi connectivity index (χ1n) is 18.2. The third-order valence-corrected chi connectivity index (χ3v) is 10.4. The van der Waals surface area contributed by atoms with Crippen LogP contribution in [0.4, 0.5) is 5.69 Å². The van der Waals surface area contributed by atoms with Gasteiger partial charge in [0.15, 0.2) is 41.0 Å². The average molecular weight is 802 g/mol. The standard InChI is InChI=1S/C39H39N5O14/c40-38-42-35-28(36(54)43-38)41-17-44(35)25-4-2-1-3-19(25)12-20-13-24-27(30(51)23-11-18(14-47)5-6-22(23)29(24)50)33(56-16-21(49)7-9-45)32(20)58-37-39(55,8-10-46)34(53)31(52)26(15-48)57-37/h1-6,9,11,13,21,26,31,34,37,46-49,52-53,55H,7-8,10,12,14-17H2,(H2,40,43,54). The second-order valence-electron chi connectivity index (χ2n) is 14.1. The summed E-state index contributed by atoms with van der Waals surface area (Å²) in [4.78, 5) is 52.6. The number of amidine groups is 1. The third kappa shape index (κ3) is 7.12. The summed E-state index contributed by atoms with van der Waals surface area (Å²) in [7, 11) is 0. The Hall–Kier alpha value is -5.61. The molecule has 1 fully saturated rings. The highest BCUT2D eigenvalue weighted by Gasteiger charge is 2.56. The smallest absolute Gasteiger partial charge is 0.262 e. The van der Waals surface area contributed by atoms with E-state index in [0.717, 1.165) is 0 Å². The third-order valence-electron chi connectivity index (χ3n) is 10.4. The van der Waals surface area contributed by atoms with Crippen LogP contribution in [0.3, 0.4) is 0 Å². The van der Waals surface area contributed by atoms with Gasteiger partial charge in [0.1, 0.15) is 36.9 Å². The van der Waals surface area contributed by atoms with Crippen LogP contribution in [-0.4, -0.2) is 140 Å². The molecule has 3 aromatic rings. The molecule has 304 valence electrons. The monoisotopic (exact) mass is 801 g/mol. The summed E-state index contributed by atoms with van der Waals surface area (Å²) in [6.07, 6.45) is -9.56. The molecule has 0 amide bonds. The number of aldehydes is 1. The number of hydrogen-bond acceptors (Lipinski definition) is 16. The maximum atomic E-state index is 14.5. The van der Waals surface area contributed by atoms with Crippen molar-refractivity contribution in [2.75, 3.05) is 26.5 Å². The van der Waals surface area contributed by atoms with Gasteiger partial charge >= 0.3 is 0 Å². The number of ether oxygens (including phenoxy) is 3. The van der Waals surface area contributed by atoms with Gasteiger partial charge in [0, 0.05) is 59.6 Å². The first kappa shape index (κ1) is 40.6. The molecule has 7 unspecified atom stereocenters. The summed E-state index contributed by atoms with van der Waals surface area (Å²) in [5, 5.41) is 94.7. The molecule has 0 aromatic heterocycles. The van der Waals surface area contributed by atoms with Crippen LogP contribution in [0, 0.1) is 5.41 Å². The molecule has 0 saturated carbocycles. The molecule has 0 bridgehead atoms. The molecule has 3 heterocycles. The zero-order valence-electron chi connectivity index (χ0n) is 30.6. The molecule has 4 aliphatic rings.